The number of nitrogens with one attached hydrogen (secondary N) is 1. The summed E-state index contributed by atoms with van der Waals surface area (Å²) in [6, 6.07) is 9.11. The van der Waals surface area contributed by atoms with E-state index in [2.05, 4.69) is 0 Å². The van der Waals surface area contributed by atoms with Gasteiger partial charge in [-0.05, 0) is 35.4 Å². The van der Waals surface area contributed by atoms with Crippen molar-refractivity contribution in [2.24, 2.45) is 0 Å². The maximum Gasteiger partial charge on any atom is 0.516 e. The van der Waals surface area contributed by atoms with Gasteiger partial charge in [0.1, 0.15) is 5.82 Å². The van der Waals surface area contributed by atoms with Gasteiger partial charge in [-0.3, -0.25) is 9.52 Å². The molecule has 1 aliphatic rings. The van der Waals surface area contributed by atoms with Crippen LogP contribution in [0.4, 0.5) is 23.2 Å². The van der Waals surface area contributed by atoms with E-state index in [0.717, 1.165) is 6.07 Å². The highest BCUT2D eigenvalue weighted by molar-refractivity contribution is 7.93. The third-order valence-corrected chi connectivity index (χ3v) is 4.95. The standard InChI is InChI=1S/C16H12F4N2O3S/c17-12-4-3-11-9-22(15(23)14(11)7-12)8-10-1-5-13(6-2-10)21-26(24,25)16(18,19)20/h1-7,21H,8-9H2. The largest absolute Gasteiger partial charge is 0.516 e. The molecule has 0 radical (unpaired) electrons. The summed E-state index contributed by atoms with van der Waals surface area (Å²) in [6.45, 7) is 0.443. The molecule has 0 bridgehead atoms. The first-order valence-corrected chi connectivity index (χ1v) is 8.81. The van der Waals surface area contributed by atoms with Gasteiger partial charge in [-0.2, -0.15) is 21.6 Å². The molecule has 1 N–H and O–H groups in total. The lowest BCUT2D eigenvalue weighted by atomic mass is 10.1. The van der Waals surface area contributed by atoms with Crippen molar-refractivity contribution in [1.82, 2.24) is 4.90 Å². The Morgan fingerprint density at radius 3 is 2.35 bits per heavy atom. The van der Waals surface area contributed by atoms with Gasteiger partial charge in [0.25, 0.3) is 5.91 Å². The van der Waals surface area contributed by atoms with Crippen molar-refractivity contribution in [2.75, 3.05) is 4.72 Å². The zero-order valence-corrected chi connectivity index (χ0v) is 13.9. The Bertz CT molecular complexity index is 956. The number of rotatable bonds is 4. The summed E-state index contributed by atoms with van der Waals surface area (Å²) in [4.78, 5) is 13.7. The highest BCUT2D eigenvalue weighted by Gasteiger charge is 2.46. The van der Waals surface area contributed by atoms with Gasteiger partial charge in [0, 0.05) is 24.3 Å². The fraction of sp³-hybridized carbons (Fsp3) is 0.188. The minimum absolute atomic E-state index is 0.154. The number of fused-ring (bicyclic) bond motifs is 1. The fourth-order valence-corrected chi connectivity index (χ4v) is 3.13. The second-order valence-electron chi connectivity index (χ2n) is 5.71. The van der Waals surface area contributed by atoms with Gasteiger partial charge in [-0.1, -0.05) is 18.2 Å². The van der Waals surface area contributed by atoms with Gasteiger partial charge in [-0.25, -0.2) is 4.39 Å². The van der Waals surface area contributed by atoms with E-state index in [1.54, 1.807) is 0 Å². The highest BCUT2D eigenvalue weighted by Crippen LogP contribution is 2.27. The summed E-state index contributed by atoms with van der Waals surface area (Å²) >= 11 is 0. The molecule has 3 rings (SSSR count). The van der Waals surface area contributed by atoms with E-state index in [-0.39, 0.29) is 30.2 Å². The Morgan fingerprint density at radius 1 is 1.08 bits per heavy atom. The molecule has 0 atom stereocenters. The summed E-state index contributed by atoms with van der Waals surface area (Å²) in [7, 11) is -5.49. The first-order valence-electron chi connectivity index (χ1n) is 7.32. The van der Waals surface area contributed by atoms with Crippen molar-refractivity contribution in [2.45, 2.75) is 18.6 Å². The second-order valence-corrected chi connectivity index (χ2v) is 7.38. The van der Waals surface area contributed by atoms with Crippen LogP contribution < -0.4 is 4.72 Å². The molecule has 138 valence electrons. The van der Waals surface area contributed by atoms with Crippen molar-refractivity contribution >= 4 is 21.6 Å². The van der Waals surface area contributed by atoms with Gasteiger partial charge in [0.2, 0.25) is 0 Å². The lowest BCUT2D eigenvalue weighted by Crippen LogP contribution is -2.29. The number of carbonyl (C=O) groups excluding carboxylic acids is 1. The van der Waals surface area contributed by atoms with E-state index >= 15 is 0 Å². The van der Waals surface area contributed by atoms with E-state index in [4.69, 9.17) is 0 Å². The van der Waals surface area contributed by atoms with Crippen LogP contribution in [-0.4, -0.2) is 24.7 Å². The normalized spacial score (nSPS) is 14.5. The Balaban J connectivity index is 1.70. The third kappa shape index (κ3) is 3.50. The number of hydrogen-bond acceptors (Lipinski definition) is 3. The fourth-order valence-electron chi connectivity index (χ4n) is 2.57. The minimum atomic E-state index is -5.49. The maximum atomic E-state index is 13.2. The topological polar surface area (TPSA) is 66.5 Å². The number of hydrogen-bond donors (Lipinski definition) is 1. The second kappa shape index (κ2) is 6.27. The van der Waals surface area contributed by atoms with E-state index in [9.17, 15) is 30.8 Å². The summed E-state index contributed by atoms with van der Waals surface area (Å²) in [6.07, 6.45) is 0. The quantitative estimate of drug-likeness (QED) is 0.818. The molecule has 0 spiro atoms. The van der Waals surface area contributed by atoms with Crippen LogP contribution in [0, 0.1) is 5.82 Å². The zero-order valence-electron chi connectivity index (χ0n) is 13.0. The summed E-state index contributed by atoms with van der Waals surface area (Å²) in [5.74, 6) is -0.860. The molecule has 0 aromatic heterocycles. The van der Waals surface area contributed by atoms with Crippen molar-refractivity contribution in [3.8, 4) is 0 Å². The van der Waals surface area contributed by atoms with E-state index in [1.165, 1.54) is 46.0 Å². The first-order chi connectivity index (χ1) is 12.1. The Labute approximate surface area is 146 Å². The number of carbonyl (C=O) groups is 1. The molecular formula is C16H12F4N2O3S. The predicted molar refractivity (Wildman–Crippen MR) is 85.0 cm³/mol. The molecular weight excluding hydrogens is 376 g/mol. The number of amides is 1. The molecule has 1 amide bonds. The Kier molecular flexibility index (Phi) is 4.39. The molecule has 0 aliphatic carbocycles. The van der Waals surface area contributed by atoms with Crippen LogP contribution in [0.25, 0.3) is 0 Å². The van der Waals surface area contributed by atoms with Gasteiger partial charge >= 0.3 is 15.5 Å². The van der Waals surface area contributed by atoms with Crippen LogP contribution in [0.2, 0.25) is 0 Å². The van der Waals surface area contributed by atoms with E-state index in [1.807, 2.05) is 0 Å². The molecule has 0 fully saturated rings. The molecule has 10 heteroatoms. The summed E-state index contributed by atoms with van der Waals surface area (Å²) < 4.78 is 73.8. The SMILES string of the molecule is O=C1c2cc(F)ccc2CN1Cc1ccc(NS(=O)(=O)C(F)(F)F)cc1. The Morgan fingerprint density at radius 2 is 1.73 bits per heavy atom. The Hall–Kier alpha value is -2.62. The lowest BCUT2D eigenvalue weighted by molar-refractivity contribution is -0.0429. The minimum Gasteiger partial charge on any atom is -0.330 e. The number of nitrogens with zero attached hydrogens (tertiary/aromatic N) is 1. The first kappa shape index (κ1) is 18.2. The van der Waals surface area contributed by atoms with Crippen LogP contribution in [0.1, 0.15) is 21.5 Å². The summed E-state index contributed by atoms with van der Waals surface area (Å²) in [5, 5.41) is 0. The molecule has 0 saturated carbocycles. The highest BCUT2D eigenvalue weighted by atomic mass is 32.2. The van der Waals surface area contributed by atoms with E-state index in [0.29, 0.717) is 11.1 Å². The number of anilines is 1. The van der Waals surface area contributed by atoms with Crippen LogP contribution in [0.15, 0.2) is 42.5 Å². The van der Waals surface area contributed by atoms with Crippen molar-refractivity contribution in [1.29, 1.82) is 0 Å². The molecule has 5 nitrogen and oxygen atoms in total. The van der Waals surface area contributed by atoms with Crippen molar-refractivity contribution in [3.63, 3.8) is 0 Å². The van der Waals surface area contributed by atoms with E-state index < -0.39 is 21.3 Å². The molecule has 2 aromatic rings. The number of halogens is 4. The lowest BCUT2D eigenvalue weighted by Gasteiger charge is -2.16. The van der Waals surface area contributed by atoms with Crippen LogP contribution >= 0.6 is 0 Å². The monoisotopic (exact) mass is 388 g/mol. The van der Waals surface area contributed by atoms with Gasteiger partial charge in [0.05, 0.1) is 0 Å². The van der Waals surface area contributed by atoms with Crippen molar-refractivity contribution < 1.29 is 30.8 Å². The molecule has 1 heterocycles. The van der Waals surface area contributed by atoms with Gasteiger partial charge < -0.3 is 4.90 Å². The average molecular weight is 388 g/mol. The van der Waals surface area contributed by atoms with Crippen LogP contribution in [0.5, 0.6) is 0 Å². The predicted octanol–water partition coefficient (Wildman–Crippen LogP) is 3.24. The third-order valence-electron chi connectivity index (χ3n) is 3.84. The van der Waals surface area contributed by atoms with Crippen molar-refractivity contribution in [3.05, 3.63) is 65.0 Å². The number of benzene rings is 2. The molecule has 0 unspecified atom stereocenters. The summed E-state index contributed by atoms with van der Waals surface area (Å²) in [5.41, 5.74) is -4.11. The van der Waals surface area contributed by atoms with Crippen LogP contribution in [-0.2, 0) is 23.1 Å². The van der Waals surface area contributed by atoms with Gasteiger partial charge in [0.15, 0.2) is 0 Å². The molecule has 1 aliphatic heterocycles. The molecule has 2 aromatic carbocycles. The number of alkyl halides is 3. The smallest absolute Gasteiger partial charge is 0.330 e. The molecule has 0 saturated heterocycles. The number of sulfonamides is 1. The molecule has 26 heavy (non-hydrogen) atoms. The average Bonchev–Trinajstić information content (AvgIpc) is 2.84. The van der Waals surface area contributed by atoms with Crippen LogP contribution in [0.3, 0.4) is 0 Å². The van der Waals surface area contributed by atoms with Gasteiger partial charge in [-0.15, -0.1) is 0 Å². The zero-order chi connectivity index (χ0) is 19.1. The maximum absolute atomic E-state index is 13.2.